The van der Waals surface area contributed by atoms with Crippen molar-refractivity contribution >= 4 is 11.7 Å². The van der Waals surface area contributed by atoms with Crippen LogP contribution in [0.3, 0.4) is 0 Å². The SMILES string of the molecule is CCCNc1ccc(C(=O)NCC2CCCC(C)C2)nn1. The lowest BCUT2D eigenvalue weighted by Gasteiger charge is -2.26. The fourth-order valence-corrected chi connectivity index (χ4v) is 2.87. The highest BCUT2D eigenvalue weighted by Gasteiger charge is 2.19. The average Bonchev–Trinajstić information content (AvgIpc) is 2.51. The third-order valence-corrected chi connectivity index (χ3v) is 4.05. The summed E-state index contributed by atoms with van der Waals surface area (Å²) < 4.78 is 0. The summed E-state index contributed by atoms with van der Waals surface area (Å²) in [6.45, 7) is 6.00. The largest absolute Gasteiger partial charge is 0.369 e. The van der Waals surface area contributed by atoms with Gasteiger partial charge in [-0.2, -0.15) is 0 Å². The van der Waals surface area contributed by atoms with E-state index in [9.17, 15) is 4.79 Å². The van der Waals surface area contributed by atoms with Gasteiger partial charge in [-0.25, -0.2) is 0 Å². The molecule has 1 fully saturated rings. The summed E-state index contributed by atoms with van der Waals surface area (Å²) in [7, 11) is 0. The normalized spacial score (nSPS) is 21.8. The molecule has 1 aromatic heterocycles. The van der Waals surface area contributed by atoms with Crippen molar-refractivity contribution in [3.63, 3.8) is 0 Å². The van der Waals surface area contributed by atoms with Gasteiger partial charge in [0.05, 0.1) is 0 Å². The molecule has 1 aliphatic rings. The number of hydrogen-bond donors (Lipinski definition) is 2. The number of nitrogens with one attached hydrogen (secondary N) is 2. The molecule has 1 amide bonds. The molecule has 0 bridgehead atoms. The highest BCUT2D eigenvalue weighted by atomic mass is 16.1. The van der Waals surface area contributed by atoms with Crippen LogP contribution in [0.5, 0.6) is 0 Å². The Morgan fingerprint density at radius 1 is 1.33 bits per heavy atom. The quantitative estimate of drug-likeness (QED) is 0.845. The number of aromatic nitrogens is 2. The first-order chi connectivity index (χ1) is 10.2. The lowest BCUT2D eigenvalue weighted by atomic mass is 9.82. The smallest absolute Gasteiger partial charge is 0.271 e. The van der Waals surface area contributed by atoms with Crippen LogP contribution in [-0.4, -0.2) is 29.2 Å². The molecule has 1 aliphatic carbocycles. The van der Waals surface area contributed by atoms with Gasteiger partial charge in [0, 0.05) is 13.1 Å². The molecule has 1 aromatic rings. The van der Waals surface area contributed by atoms with Gasteiger partial charge in [-0.1, -0.05) is 26.7 Å². The number of carbonyl (C=O) groups excluding carboxylic acids is 1. The first-order valence-electron chi connectivity index (χ1n) is 8.04. The molecule has 1 saturated carbocycles. The zero-order valence-electron chi connectivity index (χ0n) is 13.1. The Hall–Kier alpha value is -1.65. The third kappa shape index (κ3) is 4.99. The number of nitrogens with zero attached hydrogens (tertiary/aromatic N) is 2. The Morgan fingerprint density at radius 3 is 2.86 bits per heavy atom. The minimum Gasteiger partial charge on any atom is -0.369 e. The van der Waals surface area contributed by atoms with Crippen LogP contribution in [0.25, 0.3) is 0 Å². The predicted molar refractivity (Wildman–Crippen MR) is 84.3 cm³/mol. The highest BCUT2D eigenvalue weighted by molar-refractivity contribution is 5.92. The van der Waals surface area contributed by atoms with Gasteiger partial charge in [0.15, 0.2) is 5.69 Å². The zero-order valence-corrected chi connectivity index (χ0v) is 13.1. The van der Waals surface area contributed by atoms with Crippen molar-refractivity contribution < 1.29 is 4.79 Å². The molecule has 5 nitrogen and oxygen atoms in total. The Kier molecular flexibility index (Phi) is 5.96. The molecule has 21 heavy (non-hydrogen) atoms. The summed E-state index contributed by atoms with van der Waals surface area (Å²) in [6, 6.07) is 3.53. The lowest BCUT2D eigenvalue weighted by Crippen LogP contribution is -2.32. The van der Waals surface area contributed by atoms with Crippen molar-refractivity contribution in [3.05, 3.63) is 17.8 Å². The van der Waals surface area contributed by atoms with Gasteiger partial charge in [-0.3, -0.25) is 4.79 Å². The van der Waals surface area contributed by atoms with E-state index in [0.29, 0.717) is 11.6 Å². The molecule has 0 aliphatic heterocycles. The van der Waals surface area contributed by atoms with Crippen LogP contribution in [0.1, 0.15) is 56.4 Å². The molecule has 2 N–H and O–H groups in total. The van der Waals surface area contributed by atoms with Gasteiger partial charge < -0.3 is 10.6 Å². The van der Waals surface area contributed by atoms with Crippen LogP contribution < -0.4 is 10.6 Å². The van der Waals surface area contributed by atoms with E-state index in [-0.39, 0.29) is 5.91 Å². The second-order valence-corrected chi connectivity index (χ2v) is 6.08. The average molecular weight is 290 g/mol. The molecule has 2 unspecified atom stereocenters. The highest BCUT2D eigenvalue weighted by Crippen LogP contribution is 2.27. The van der Waals surface area contributed by atoms with Crippen molar-refractivity contribution in [2.45, 2.75) is 46.0 Å². The molecule has 1 heterocycles. The van der Waals surface area contributed by atoms with Crippen molar-refractivity contribution in [3.8, 4) is 0 Å². The molecule has 5 heteroatoms. The molecule has 2 atom stereocenters. The maximum Gasteiger partial charge on any atom is 0.271 e. The topological polar surface area (TPSA) is 66.9 Å². The lowest BCUT2D eigenvalue weighted by molar-refractivity contribution is 0.0934. The zero-order chi connectivity index (χ0) is 15.1. The maximum absolute atomic E-state index is 12.1. The van der Waals surface area contributed by atoms with Gasteiger partial charge >= 0.3 is 0 Å². The number of rotatable bonds is 6. The van der Waals surface area contributed by atoms with Crippen molar-refractivity contribution in [2.75, 3.05) is 18.4 Å². The summed E-state index contributed by atoms with van der Waals surface area (Å²) in [5.74, 6) is 1.98. The van der Waals surface area contributed by atoms with Gasteiger partial charge in [-0.05, 0) is 43.2 Å². The Balaban J connectivity index is 1.79. The standard InChI is InChI=1S/C16H26N4O/c1-3-9-17-15-8-7-14(19-20-15)16(21)18-11-13-6-4-5-12(2)10-13/h7-8,12-13H,3-6,9-11H2,1-2H3,(H,17,20)(H,18,21). The summed E-state index contributed by atoms with van der Waals surface area (Å²) in [5.41, 5.74) is 0.390. The molecular formula is C16H26N4O. The molecule has 116 valence electrons. The second kappa shape index (κ2) is 7.96. The summed E-state index contributed by atoms with van der Waals surface area (Å²) in [4.78, 5) is 12.1. The fourth-order valence-electron chi connectivity index (χ4n) is 2.87. The van der Waals surface area contributed by atoms with Gasteiger partial charge in [0.1, 0.15) is 5.82 Å². The van der Waals surface area contributed by atoms with E-state index in [2.05, 4.69) is 34.7 Å². The number of hydrogen-bond acceptors (Lipinski definition) is 4. The first kappa shape index (κ1) is 15.7. The minimum absolute atomic E-state index is 0.122. The molecule has 0 aromatic carbocycles. The number of amides is 1. The summed E-state index contributed by atoms with van der Waals surface area (Å²) in [5, 5.41) is 14.1. The van der Waals surface area contributed by atoms with Crippen molar-refractivity contribution in [1.29, 1.82) is 0 Å². The van der Waals surface area contributed by atoms with Crippen LogP contribution >= 0.6 is 0 Å². The van der Waals surface area contributed by atoms with E-state index < -0.39 is 0 Å². The van der Waals surface area contributed by atoms with Crippen LogP contribution in [0.4, 0.5) is 5.82 Å². The Morgan fingerprint density at radius 2 is 2.19 bits per heavy atom. The maximum atomic E-state index is 12.1. The van der Waals surface area contributed by atoms with E-state index in [4.69, 9.17) is 0 Å². The van der Waals surface area contributed by atoms with Gasteiger partial charge in [0.2, 0.25) is 0 Å². The third-order valence-electron chi connectivity index (χ3n) is 4.05. The second-order valence-electron chi connectivity index (χ2n) is 6.08. The van der Waals surface area contributed by atoms with E-state index in [1.54, 1.807) is 12.1 Å². The molecule has 0 radical (unpaired) electrons. The van der Waals surface area contributed by atoms with E-state index >= 15 is 0 Å². The van der Waals surface area contributed by atoms with Gasteiger partial charge in [-0.15, -0.1) is 10.2 Å². The molecular weight excluding hydrogens is 264 g/mol. The van der Waals surface area contributed by atoms with E-state index in [0.717, 1.165) is 31.2 Å². The van der Waals surface area contributed by atoms with E-state index in [1.807, 2.05) is 0 Å². The fraction of sp³-hybridized carbons (Fsp3) is 0.688. The predicted octanol–water partition coefficient (Wildman–Crippen LogP) is 2.85. The Bertz CT molecular complexity index is 446. The first-order valence-corrected chi connectivity index (χ1v) is 8.04. The van der Waals surface area contributed by atoms with Crippen molar-refractivity contribution in [1.82, 2.24) is 15.5 Å². The molecule has 0 spiro atoms. The molecule has 2 rings (SSSR count). The Labute approximate surface area is 126 Å². The van der Waals surface area contributed by atoms with Crippen LogP contribution in [0, 0.1) is 11.8 Å². The van der Waals surface area contributed by atoms with Crippen LogP contribution in [0.2, 0.25) is 0 Å². The molecule has 0 saturated heterocycles. The number of anilines is 1. The number of carbonyl (C=O) groups is 1. The van der Waals surface area contributed by atoms with E-state index in [1.165, 1.54) is 25.7 Å². The summed E-state index contributed by atoms with van der Waals surface area (Å²) >= 11 is 0. The summed E-state index contributed by atoms with van der Waals surface area (Å²) in [6.07, 6.45) is 6.06. The van der Waals surface area contributed by atoms with Gasteiger partial charge in [0.25, 0.3) is 5.91 Å². The van der Waals surface area contributed by atoms with Crippen LogP contribution in [-0.2, 0) is 0 Å². The monoisotopic (exact) mass is 290 g/mol. The van der Waals surface area contributed by atoms with Crippen molar-refractivity contribution in [2.24, 2.45) is 11.8 Å². The minimum atomic E-state index is -0.122. The van der Waals surface area contributed by atoms with Crippen LogP contribution in [0.15, 0.2) is 12.1 Å².